The maximum Gasteiger partial charge on any atom is 0.344 e. The normalized spacial score (nSPS) is 26.5. The number of benzene rings is 1. The summed E-state index contributed by atoms with van der Waals surface area (Å²) in [5.74, 6) is -0.748. The lowest BCUT2D eigenvalue weighted by atomic mass is 9.77. The molecule has 3 aliphatic rings. The number of amides is 4. The summed E-state index contributed by atoms with van der Waals surface area (Å²) in [5, 5.41) is 3.58. The summed E-state index contributed by atoms with van der Waals surface area (Å²) in [6, 6.07) is 2.56. The predicted octanol–water partition coefficient (Wildman–Crippen LogP) is 2.42. The highest BCUT2D eigenvalue weighted by atomic mass is 19.1. The summed E-state index contributed by atoms with van der Waals surface area (Å²) in [4.78, 5) is 39.6. The molecule has 1 aliphatic carbocycles. The summed E-state index contributed by atoms with van der Waals surface area (Å²) in [5.41, 5.74) is 3.89. The molecule has 29 heavy (non-hydrogen) atoms. The van der Waals surface area contributed by atoms with Crippen LogP contribution >= 0.6 is 0 Å². The third-order valence-corrected chi connectivity index (χ3v) is 6.50. The van der Waals surface area contributed by atoms with Gasteiger partial charge < -0.3 is 10.2 Å². The number of rotatable bonds is 3. The number of halogens is 1. The van der Waals surface area contributed by atoms with Gasteiger partial charge in [0.2, 0.25) is 0 Å². The second kappa shape index (κ2) is 7.31. The first-order valence-electron chi connectivity index (χ1n) is 10.3. The number of nitrogens with one attached hydrogen (secondary N) is 2. The largest absolute Gasteiger partial charge is 0.360 e. The average molecular weight is 402 g/mol. The van der Waals surface area contributed by atoms with Crippen molar-refractivity contribution in [1.82, 2.24) is 15.8 Å². The zero-order valence-electron chi connectivity index (χ0n) is 16.9. The fraction of sp³-hybridized carbons (Fsp3) is 0.571. The minimum atomic E-state index is -0.905. The fourth-order valence-corrected chi connectivity index (χ4v) is 4.73. The number of hydrogen-bond donors (Lipinski definition) is 2. The highest BCUT2D eigenvalue weighted by molar-refractivity contribution is 6.08. The van der Waals surface area contributed by atoms with Crippen molar-refractivity contribution in [2.75, 3.05) is 18.0 Å². The van der Waals surface area contributed by atoms with E-state index in [0.717, 1.165) is 41.8 Å². The van der Waals surface area contributed by atoms with Gasteiger partial charge in [0.25, 0.3) is 11.8 Å². The number of hydrazine groups is 1. The van der Waals surface area contributed by atoms with Gasteiger partial charge >= 0.3 is 6.03 Å². The van der Waals surface area contributed by atoms with Gasteiger partial charge in [-0.25, -0.2) is 9.18 Å². The van der Waals surface area contributed by atoms with Gasteiger partial charge in [-0.1, -0.05) is 13.0 Å². The fourth-order valence-electron chi connectivity index (χ4n) is 4.73. The molecule has 0 radical (unpaired) electrons. The van der Waals surface area contributed by atoms with Crippen LogP contribution in [0.15, 0.2) is 12.1 Å². The van der Waals surface area contributed by atoms with Crippen LogP contribution < -0.4 is 15.6 Å². The van der Waals surface area contributed by atoms with Crippen LogP contribution in [0.1, 0.15) is 50.2 Å². The first kappa shape index (κ1) is 19.7. The number of anilines is 1. The van der Waals surface area contributed by atoms with E-state index in [1.54, 1.807) is 11.0 Å². The van der Waals surface area contributed by atoms with E-state index in [4.69, 9.17) is 0 Å². The number of carbonyl (C=O) groups excluding carboxylic acids is 3. The van der Waals surface area contributed by atoms with E-state index >= 15 is 0 Å². The number of aryl methyl sites for hydroxylation is 1. The van der Waals surface area contributed by atoms with Gasteiger partial charge in [0.15, 0.2) is 0 Å². The van der Waals surface area contributed by atoms with E-state index in [1.165, 1.54) is 6.07 Å². The Bertz CT molecular complexity index is 864. The molecule has 1 spiro atoms. The SMILES string of the molecule is Cc1ccc(F)c2c1CCCN2CC(=O)NN1C(=O)NC2(CCC(C)CC2)C1=O. The maximum absolute atomic E-state index is 14.4. The molecule has 156 valence electrons. The van der Waals surface area contributed by atoms with Crippen molar-refractivity contribution >= 4 is 23.5 Å². The molecule has 2 fully saturated rings. The number of fused-ring (bicyclic) bond motifs is 1. The molecule has 1 saturated carbocycles. The van der Waals surface area contributed by atoms with Crippen molar-refractivity contribution in [2.45, 2.75) is 57.9 Å². The molecule has 2 heterocycles. The standard InChI is InChI=1S/C21H27FN4O3/c1-13-7-9-21(10-8-13)19(28)26(20(29)23-21)24-17(27)12-25-11-3-4-15-14(2)5-6-16(22)18(15)25/h5-6,13H,3-4,7-12H2,1-2H3,(H,23,29)(H,24,27). The Morgan fingerprint density at radius 2 is 2.03 bits per heavy atom. The number of carbonyl (C=O) groups is 3. The second-order valence-corrected chi connectivity index (χ2v) is 8.59. The zero-order chi connectivity index (χ0) is 20.8. The number of urea groups is 1. The van der Waals surface area contributed by atoms with Crippen molar-refractivity contribution in [1.29, 1.82) is 0 Å². The van der Waals surface area contributed by atoms with E-state index in [1.807, 2.05) is 6.92 Å². The first-order chi connectivity index (χ1) is 13.8. The van der Waals surface area contributed by atoms with Crippen LogP contribution in [0, 0.1) is 18.7 Å². The summed E-state index contributed by atoms with van der Waals surface area (Å²) < 4.78 is 14.4. The highest BCUT2D eigenvalue weighted by Gasteiger charge is 2.52. The van der Waals surface area contributed by atoms with Crippen LogP contribution in [-0.4, -0.2) is 41.5 Å². The van der Waals surface area contributed by atoms with Crippen molar-refractivity contribution in [3.63, 3.8) is 0 Å². The third-order valence-electron chi connectivity index (χ3n) is 6.50. The van der Waals surface area contributed by atoms with Gasteiger partial charge in [0.05, 0.1) is 12.2 Å². The second-order valence-electron chi connectivity index (χ2n) is 8.59. The quantitative estimate of drug-likeness (QED) is 0.761. The molecule has 1 saturated heterocycles. The lowest BCUT2D eigenvalue weighted by Gasteiger charge is -2.33. The summed E-state index contributed by atoms with van der Waals surface area (Å²) in [6.45, 7) is 4.49. The van der Waals surface area contributed by atoms with E-state index in [0.29, 0.717) is 31.0 Å². The van der Waals surface area contributed by atoms with E-state index in [2.05, 4.69) is 17.7 Å². The van der Waals surface area contributed by atoms with Gasteiger partial charge in [-0.05, 0) is 68.6 Å². The van der Waals surface area contributed by atoms with Crippen LogP contribution in [-0.2, 0) is 16.0 Å². The molecular formula is C21H27FN4O3. The number of hydrogen-bond acceptors (Lipinski definition) is 4. The smallest absolute Gasteiger partial charge is 0.344 e. The number of imide groups is 1. The lowest BCUT2D eigenvalue weighted by Crippen LogP contribution is -2.53. The number of nitrogens with zero attached hydrogens (tertiary/aromatic N) is 2. The summed E-state index contributed by atoms with van der Waals surface area (Å²) in [6.07, 6.45) is 4.46. The van der Waals surface area contributed by atoms with Crippen molar-refractivity contribution in [3.05, 3.63) is 29.1 Å². The Morgan fingerprint density at radius 3 is 2.76 bits per heavy atom. The molecule has 0 bridgehead atoms. The monoisotopic (exact) mass is 402 g/mol. The topological polar surface area (TPSA) is 81.8 Å². The van der Waals surface area contributed by atoms with Gasteiger partial charge in [0.1, 0.15) is 11.4 Å². The van der Waals surface area contributed by atoms with Gasteiger partial charge in [-0.15, -0.1) is 0 Å². The molecule has 0 atom stereocenters. The Kier molecular flexibility index (Phi) is 4.96. The van der Waals surface area contributed by atoms with E-state index < -0.39 is 23.4 Å². The zero-order valence-corrected chi connectivity index (χ0v) is 16.9. The van der Waals surface area contributed by atoms with Gasteiger partial charge in [-0.2, -0.15) is 5.01 Å². The maximum atomic E-state index is 14.4. The molecule has 4 rings (SSSR count). The first-order valence-corrected chi connectivity index (χ1v) is 10.3. The lowest BCUT2D eigenvalue weighted by molar-refractivity contribution is -0.139. The van der Waals surface area contributed by atoms with Gasteiger partial charge in [-0.3, -0.25) is 15.0 Å². The van der Waals surface area contributed by atoms with Crippen LogP contribution in [0.2, 0.25) is 0 Å². The van der Waals surface area contributed by atoms with Crippen LogP contribution in [0.25, 0.3) is 0 Å². The minimum absolute atomic E-state index is 0.117. The molecule has 8 heteroatoms. The predicted molar refractivity (Wildman–Crippen MR) is 106 cm³/mol. The molecule has 2 aliphatic heterocycles. The van der Waals surface area contributed by atoms with Crippen LogP contribution in [0.5, 0.6) is 0 Å². The molecule has 0 aromatic heterocycles. The average Bonchev–Trinajstić information content (AvgIpc) is 2.91. The van der Waals surface area contributed by atoms with Gasteiger partial charge in [0, 0.05) is 6.54 Å². The van der Waals surface area contributed by atoms with E-state index in [-0.39, 0.29) is 12.4 Å². The van der Waals surface area contributed by atoms with Crippen molar-refractivity contribution < 1.29 is 18.8 Å². The van der Waals surface area contributed by atoms with Crippen molar-refractivity contribution in [2.24, 2.45) is 5.92 Å². The summed E-state index contributed by atoms with van der Waals surface area (Å²) >= 11 is 0. The molecular weight excluding hydrogens is 375 g/mol. The summed E-state index contributed by atoms with van der Waals surface area (Å²) in [7, 11) is 0. The molecule has 1 aromatic carbocycles. The Balaban J connectivity index is 1.46. The third kappa shape index (κ3) is 3.45. The molecule has 7 nitrogen and oxygen atoms in total. The Hall–Kier alpha value is -2.64. The highest BCUT2D eigenvalue weighted by Crippen LogP contribution is 2.36. The van der Waals surface area contributed by atoms with Crippen LogP contribution in [0.4, 0.5) is 14.9 Å². The van der Waals surface area contributed by atoms with Crippen molar-refractivity contribution in [3.8, 4) is 0 Å². The molecule has 4 amide bonds. The Labute approximate surface area is 169 Å². The Morgan fingerprint density at radius 1 is 1.31 bits per heavy atom. The minimum Gasteiger partial charge on any atom is -0.360 e. The molecule has 2 N–H and O–H groups in total. The van der Waals surface area contributed by atoms with E-state index in [9.17, 15) is 18.8 Å². The molecule has 1 aromatic rings. The van der Waals surface area contributed by atoms with Crippen LogP contribution in [0.3, 0.4) is 0 Å². The molecule has 0 unspecified atom stereocenters.